The molecule has 254 valence electrons. The van der Waals surface area contributed by atoms with Crippen LogP contribution in [0, 0.1) is 0 Å². The minimum atomic E-state index is 0.855. The van der Waals surface area contributed by atoms with Crippen molar-refractivity contribution in [3.05, 3.63) is 193 Å². The molecule has 0 saturated heterocycles. The molecule has 1 aromatic heterocycles. The summed E-state index contributed by atoms with van der Waals surface area (Å²) in [5, 5.41) is 14.9. The second-order valence-electron chi connectivity index (χ2n) is 14.1. The van der Waals surface area contributed by atoms with Crippen LogP contribution < -0.4 is 10.2 Å². The average Bonchev–Trinajstić information content (AvgIpc) is 3.63. The molecule has 2 nitrogen and oxygen atoms in total. The van der Waals surface area contributed by atoms with Crippen LogP contribution >= 0.6 is 11.3 Å². The third kappa shape index (κ3) is 4.93. The van der Waals surface area contributed by atoms with Crippen LogP contribution in [0.1, 0.15) is 10.4 Å². The van der Waals surface area contributed by atoms with Gasteiger partial charge < -0.3 is 10.2 Å². The number of nitrogens with one attached hydrogen (secondary N) is 1. The number of thiophene rings is 1. The van der Waals surface area contributed by atoms with Gasteiger partial charge in [-0.3, -0.25) is 0 Å². The van der Waals surface area contributed by atoms with Crippen molar-refractivity contribution in [3.63, 3.8) is 0 Å². The molecule has 54 heavy (non-hydrogen) atoms. The number of anilines is 3. The Bertz CT molecular complexity index is 2940. The van der Waals surface area contributed by atoms with Crippen LogP contribution in [0.3, 0.4) is 0 Å². The number of rotatable bonds is 5. The molecule has 1 N–H and O–H groups in total. The molecule has 10 aromatic rings. The van der Waals surface area contributed by atoms with E-state index in [-0.39, 0.29) is 0 Å². The number of fused-ring (bicyclic) bond motifs is 9. The molecule has 1 aliphatic heterocycles. The lowest BCUT2D eigenvalue weighted by Crippen LogP contribution is -2.11. The van der Waals surface area contributed by atoms with E-state index in [1.54, 1.807) is 0 Å². The highest BCUT2D eigenvalue weighted by atomic mass is 32.1. The predicted molar refractivity (Wildman–Crippen MR) is 233 cm³/mol. The molecule has 0 spiro atoms. The molecule has 0 atom stereocenters. The maximum Gasteiger partial charge on any atom is 0.0554 e. The summed E-state index contributed by atoms with van der Waals surface area (Å²) < 4.78 is 1.30. The van der Waals surface area contributed by atoms with Crippen molar-refractivity contribution in [2.24, 2.45) is 0 Å². The largest absolute Gasteiger partial charge is 0.386 e. The van der Waals surface area contributed by atoms with Gasteiger partial charge in [0.2, 0.25) is 0 Å². The van der Waals surface area contributed by atoms with Gasteiger partial charge in [-0.15, -0.1) is 11.3 Å². The summed E-state index contributed by atoms with van der Waals surface area (Å²) in [5.41, 5.74) is 9.66. The normalized spacial score (nSPS) is 12.4. The Hall–Kier alpha value is -6.68. The Kier molecular flexibility index (Phi) is 7.14. The van der Waals surface area contributed by atoms with Crippen LogP contribution in [-0.4, -0.2) is 0 Å². The standard InChI is InChI=1S/C51H34N2S/c1-3-12-39-35(10-1)30-46(43-16-7-5-14-41(39)43)33-20-24-37(25-21-33)53(48-18-9-19-49-51(48)45-28-29-52-32-50(45)54-49)38-26-22-34(23-27-38)47-31-36-11-2-4-13-40(36)42-15-6-8-17-44(42)47/h1-31,52H,32H2. The highest BCUT2D eigenvalue weighted by Gasteiger charge is 2.22. The third-order valence-electron chi connectivity index (χ3n) is 11.1. The topological polar surface area (TPSA) is 15.3 Å². The zero-order valence-electron chi connectivity index (χ0n) is 29.5. The van der Waals surface area contributed by atoms with Gasteiger partial charge in [-0.1, -0.05) is 127 Å². The summed E-state index contributed by atoms with van der Waals surface area (Å²) in [5.74, 6) is 0. The third-order valence-corrected chi connectivity index (χ3v) is 12.3. The first-order valence-electron chi connectivity index (χ1n) is 18.5. The van der Waals surface area contributed by atoms with E-state index in [1.165, 1.54) is 91.6 Å². The lowest BCUT2D eigenvalue weighted by molar-refractivity contribution is 0.878. The van der Waals surface area contributed by atoms with Crippen LogP contribution in [0.15, 0.2) is 182 Å². The fourth-order valence-electron chi connectivity index (χ4n) is 8.58. The van der Waals surface area contributed by atoms with Crippen LogP contribution in [0.2, 0.25) is 0 Å². The predicted octanol–water partition coefficient (Wildman–Crippen LogP) is 14.4. The Morgan fingerprint density at radius 3 is 1.52 bits per heavy atom. The molecule has 9 aromatic carbocycles. The van der Waals surface area contributed by atoms with Gasteiger partial charge in [0.25, 0.3) is 0 Å². The minimum absolute atomic E-state index is 0.855. The van der Waals surface area contributed by atoms with Crippen LogP contribution in [-0.2, 0) is 6.54 Å². The Balaban J connectivity index is 1.08. The average molecular weight is 707 g/mol. The lowest BCUT2D eigenvalue weighted by atomic mass is 9.93. The zero-order chi connectivity index (χ0) is 35.6. The van der Waals surface area contributed by atoms with Gasteiger partial charge in [0.15, 0.2) is 0 Å². The monoisotopic (exact) mass is 706 g/mol. The summed E-state index contributed by atoms with van der Waals surface area (Å²) in [6.45, 7) is 0.855. The van der Waals surface area contributed by atoms with E-state index in [4.69, 9.17) is 0 Å². The van der Waals surface area contributed by atoms with Crippen LogP contribution in [0.25, 0.3) is 81.5 Å². The Labute approximate surface area is 317 Å². The molecule has 1 aliphatic rings. The fourth-order valence-corrected chi connectivity index (χ4v) is 9.75. The quantitative estimate of drug-likeness (QED) is 0.179. The summed E-state index contributed by atoms with van der Waals surface area (Å²) in [6.07, 6.45) is 4.32. The van der Waals surface area contributed by atoms with E-state index >= 15 is 0 Å². The lowest BCUT2D eigenvalue weighted by Gasteiger charge is -2.27. The molecule has 0 unspecified atom stereocenters. The highest BCUT2D eigenvalue weighted by molar-refractivity contribution is 7.19. The number of hydrogen-bond donors (Lipinski definition) is 1. The molecular formula is C51H34N2S. The number of benzene rings is 9. The van der Waals surface area contributed by atoms with Crippen molar-refractivity contribution in [1.82, 2.24) is 5.32 Å². The first-order valence-corrected chi connectivity index (χ1v) is 19.4. The van der Waals surface area contributed by atoms with Crippen molar-refractivity contribution < 1.29 is 0 Å². The Morgan fingerprint density at radius 2 is 0.963 bits per heavy atom. The van der Waals surface area contributed by atoms with Crippen LogP contribution in [0.5, 0.6) is 0 Å². The Morgan fingerprint density at radius 1 is 0.463 bits per heavy atom. The van der Waals surface area contributed by atoms with Gasteiger partial charge in [-0.25, -0.2) is 0 Å². The molecule has 0 bridgehead atoms. The van der Waals surface area contributed by atoms with Crippen LogP contribution in [0.4, 0.5) is 17.1 Å². The number of nitrogens with zero attached hydrogens (tertiary/aromatic N) is 1. The maximum atomic E-state index is 3.42. The molecule has 11 rings (SSSR count). The van der Waals surface area contributed by atoms with Gasteiger partial charge in [0, 0.05) is 38.4 Å². The fraction of sp³-hybridized carbons (Fsp3) is 0.0196. The van der Waals surface area contributed by atoms with Gasteiger partial charge in [0.1, 0.15) is 0 Å². The number of hydrogen-bond acceptors (Lipinski definition) is 3. The van der Waals surface area contributed by atoms with Crippen molar-refractivity contribution in [2.45, 2.75) is 6.54 Å². The van der Waals surface area contributed by atoms with E-state index in [2.05, 4.69) is 198 Å². The maximum absolute atomic E-state index is 3.42. The van der Waals surface area contributed by atoms with Gasteiger partial charge in [-0.05, 0) is 126 Å². The summed E-state index contributed by atoms with van der Waals surface area (Å²) in [6, 6.07) is 64.7. The molecule has 0 aliphatic carbocycles. The van der Waals surface area contributed by atoms with Gasteiger partial charge in [0.05, 0.1) is 5.69 Å². The van der Waals surface area contributed by atoms with Crippen molar-refractivity contribution in [2.75, 3.05) is 4.90 Å². The summed E-state index contributed by atoms with van der Waals surface area (Å²) in [7, 11) is 0. The van der Waals surface area contributed by atoms with E-state index in [0.717, 1.165) is 17.9 Å². The van der Waals surface area contributed by atoms with Gasteiger partial charge >= 0.3 is 0 Å². The SMILES string of the molecule is C1=Cc2c(sc3cccc(N(c4ccc(-c5cc6ccccc6c6ccccc56)cc4)c4ccc(-c5cc6ccccc6c6ccccc56)cc4)c23)CN1. The zero-order valence-corrected chi connectivity index (χ0v) is 30.3. The second kappa shape index (κ2) is 12.5. The van der Waals surface area contributed by atoms with E-state index in [0.29, 0.717) is 0 Å². The summed E-state index contributed by atoms with van der Waals surface area (Å²) >= 11 is 1.88. The second-order valence-corrected chi connectivity index (χ2v) is 15.3. The first-order chi connectivity index (χ1) is 26.8. The molecule has 0 fully saturated rings. The molecule has 2 heterocycles. The van der Waals surface area contributed by atoms with E-state index in [1.807, 2.05) is 11.3 Å². The highest BCUT2D eigenvalue weighted by Crippen LogP contribution is 2.46. The molecule has 0 saturated carbocycles. The van der Waals surface area contributed by atoms with Crippen molar-refractivity contribution >= 4 is 87.7 Å². The minimum Gasteiger partial charge on any atom is -0.386 e. The van der Waals surface area contributed by atoms with E-state index < -0.39 is 0 Å². The van der Waals surface area contributed by atoms with Crippen molar-refractivity contribution in [3.8, 4) is 22.3 Å². The molecule has 3 heteroatoms. The van der Waals surface area contributed by atoms with Crippen molar-refractivity contribution in [1.29, 1.82) is 0 Å². The first kappa shape index (κ1) is 30.9. The molecule has 0 amide bonds. The van der Waals surface area contributed by atoms with Gasteiger partial charge in [-0.2, -0.15) is 0 Å². The molecule has 0 radical (unpaired) electrons. The smallest absolute Gasteiger partial charge is 0.0554 e. The summed E-state index contributed by atoms with van der Waals surface area (Å²) in [4.78, 5) is 3.81. The molecular weight excluding hydrogens is 673 g/mol. The van der Waals surface area contributed by atoms with E-state index in [9.17, 15) is 0 Å².